The molecule has 0 bridgehead atoms. The Labute approximate surface area is 214 Å². The van der Waals surface area contributed by atoms with Crippen LogP contribution < -0.4 is 5.73 Å². The first-order chi connectivity index (χ1) is 17.8. The van der Waals surface area contributed by atoms with Crippen LogP contribution in [0.1, 0.15) is 61.6 Å². The number of nitro groups is 1. The molecule has 0 unspecified atom stereocenters. The van der Waals surface area contributed by atoms with E-state index in [0.29, 0.717) is 28.5 Å². The fraction of sp³-hybridized carbons (Fsp3) is 0.370. The van der Waals surface area contributed by atoms with Gasteiger partial charge in [-0.3, -0.25) is 14.9 Å². The minimum absolute atomic E-state index is 0.0460. The summed E-state index contributed by atoms with van der Waals surface area (Å²) >= 11 is 0. The summed E-state index contributed by atoms with van der Waals surface area (Å²) in [6.07, 6.45) is 3.43. The molecule has 1 aromatic heterocycles. The van der Waals surface area contributed by atoms with Gasteiger partial charge in [0.1, 0.15) is 12.6 Å². The predicted molar refractivity (Wildman–Crippen MR) is 139 cm³/mol. The summed E-state index contributed by atoms with van der Waals surface area (Å²) < 4.78 is 11.7. The average molecular weight is 507 g/mol. The van der Waals surface area contributed by atoms with Crippen molar-refractivity contribution in [3.8, 4) is 17.2 Å². The summed E-state index contributed by atoms with van der Waals surface area (Å²) in [5.41, 5.74) is 9.23. The smallest absolute Gasteiger partial charge is 0.357 e. The maximum atomic E-state index is 13.0. The molecule has 10 heteroatoms. The monoisotopic (exact) mass is 506 g/mol. The molecule has 0 atom stereocenters. The van der Waals surface area contributed by atoms with Gasteiger partial charge >= 0.3 is 11.9 Å². The molecule has 0 amide bonds. The van der Waals surface area contributed by atoms with Crippen molar-refractivity contribution in [2.75, 3.05) is 18.9 Å². The number of nitrogens with zero attached hydrogens (tertiary/aromatic N) is 3. The SMILES string of the molecule is CCCCCc1cc(C#N)c2c(c(N)c(C(=O)OCC)n2CC(=O)OCC)c1-c1ccc([N+](=O)[O-])cc1. The Morgan fingerprint density at radius 1 is 1.11 bits per heavy atom. The second-order valence-corrected chi connectivity index (χ2v) is 8.43. The molecule has 37 heavy (non-hydrogen) atoms. The van der Waals surface area contributed by atoms with Crippen LogP contribution in [0.25, 0.3) is 22.0 Å². The second-order valence-electron chi connectivity index (χ2n) is 8.43. The van der Waals surface area contributed by atoms with Gasteiger partial charge < -0.3 is 19.8 Å². The van der Waals surface area contributed by atoms with Crippen LogP contribution in [-0.2, 0) is 27.2 Å². The summed E-state index contributed by atoms with van der Waals surface area (Å²) in [4.78, 5) is 36.3. The van der Waals surface area contributed by atoms with Crippen LogP contribution in [-0.4, -0.2) is 34.6 Å². The number of aromatic nitrogens is 1. The molecule has 194 valence electrons. The van der Waals surface area contributed by atoms with E-state index in [1.165, 1.54) is 16.7 Å². The summed E-state index contributed by atoms with van der Waals surface area (Å²) in [7, 11) is 0. The van der Waals surface area contributed by atoms with E-state index in [1.54, 1.807) is 32.0 Å². The van der Waals surface area contributed by atoms with Crippen molar-refractivity contribution in [1.82, 2.24) is 4.57 Å². The number of nitrogen functional groups attached to an aromatic ring is 1. The number of nitrogens with two attached hydrogens (primary N) is 1. The maximum absolute atomic E-state index is 13.0. The number of nitro benzene ring substituents is 1. The van der Waals surface area contributed by atoms with E-state index in [-0.39, 0.29) is 42.4 Å². The zero-order chi connectivity index (χ0) is 27.1. The molecule has 0 aliphatic rings. The Morgan fingerprint density at radius 3 is 2.35 bits per heavy atom. The molecule has 10 nitrogen and oxygen atoms in total. The molecule has 0 spiro atoms. The van der Waals surface area contributed by atoms with Gasteiger partial charge in [0.2, 0.25) is 0 Å². The number of rotatable bonds is 11. The highest BCUT2D eigenvalue weighted by Gasteiger charge is 2.29. The molecule has 3 aromatic rings. The van der Waals surface area contributed by atoms with Gasteiger partial charge in [-0.2, -0.15) is 5.26 Å². The summed E-state index contributed by atoms with van der Waals surface area (Å²) in [5, 5.41) is 21.7. The summed E-state index contributed by atoms with van der Waals surface area (Å²) in [6.45, 7) is 5.29. The molecule has 1 heterocycles. The molecule has 2 N–H and O–H groups in total. The van der Waals surface area contributed by atoms with Crippen molar-refractivity contribution >= 4 is 34.2 Å². The number of fused-ring (bicyclic) bond motifs is 1. The molecule has 3 rings (SSSR count). The van der Waals surface area contributed by atoms with Crippen LogP contribution in [0.5, 0.6) is 0 Å². The van der Waals surface area contributed by atoms with Gasteiger partial charge in [0.05, 0.1) is 34.9 Å². The number of anilines is 1. The highest BCUT2D eigenvalue weighted by Crippen LogP contribution is 2.42. The molecule has 0 aliphatic heterocycles. The molecular formula is C27H30N4O6. The standard InChI is InChI=1S/C27H30N4O6/c1-4-7-8-9-18-14-19(15-28)25-23(22(18)17-10-12-20(13-11-17)31(34)35)24(29)26(27(33)37-6-3)30(25)16-21(32)36-5-2/h10-14H,4-9,16,29H2,1-3H3. The highest BCUT2D eigenvalue weighted by molar-refractivity contribution is 6.14. The molecule has 0 saturated heterocycles. The Bertz CT molecular complexity index is 1370. The maximum Gasteiger partial charge on any atom is 0.357 e. The lowest BCUT2D eigenvalue weighted by Crippen LogP contribution is -2.20. The van der Waals surface area contributed by atoms with E-state index in [4.69, 9.17) is 15.2 Å². The largest absolute Gasteiger partial charge is 0.465 e. The third kappa shape index (κ3) is 5.56. The number of hydrogen-bond acceptors (Lipinski definition) is 8. The molecule has 0 aliphatic carbocycles. The van der Waals surface area contributed by atoms with Gasteiger partial charge in [-0.15, -0.1) is 0 Å². The normalized spacial score (nSPS) is 10.8. The quantitative estimate of drug-likeness (QED) is 0.162. The first kappa shape index (κ1) is 27.2. The predicted octanol–water partition coefficient (Wildman–Crippen LogP) is 5.14. The number of nitriles is 1. The van der Waals surface area contributed by atoms with Crippen molar-refractivity contribution in [2.24, 2.45) is 0 Å². The van der Waals surface area contributed by atoms with E-state index < -0.39 is 16.9 Å². The number of hydrogen-bond donors (Lipinski definition) is 1. The number of unbranched alkanes of at least 4 members (excludes halogenated alkanes) is 2. The van der Waals surface area contributed by atoms with Crippen molar-refractivity contribution in [3.05, 3.63) is 57.3 Å². The molecule has 0 fully saturated rings. The number of aryl methyl sites for hydroxylation is 1. The van der Waals surface area contributed by atoms with Crippen LogP contribution in [0.4, 0.5) is 11.4 Å². The fourth-order valence-electron chi connectivity index (χ4n) is 4.49. The second kappa shape index (κ2) is 12.0. The Balaban J connectivity index is 2.44. The van der Waals surface area contributed by atoms with E-state index in [2.05, 4.69) is 13.0 Å². The van der Waals surface area contributed by atoms with E-state index >= 15 is 0 Å². The highest BCUT2D eigenvalue weighted by atomic mass is 16.6. The first-order valence-electron chi connectivity index (χ1n) is 12.2. The van der Waals surface area contributed by atoms with Crippen LogP contribution >= 0.6 is 0 Å². The number of ether oxygens (including phenoxy) is 2. The number of benzene rings is 2. The third-order valence-corrected chi connectivity index (χ3v) is 6.04. The van der Waals surface area contributed by atoms with Crippen molar-refractivity contribution in [3.63, 3.8) is 0 Å². The van der Waals surface area contributed by atoms with Crippen LogP contribution in [0.15, 0.2) is 30.3 Å². The van der Waals surface area contributed by atoms with Gasteiger partial charge in [0, 0.05) is 17.5 Å². The zero-order valence-electron chi connectivity index (χ0n) is 21.2. The molecule has 0 radical (unpaired) electrons. The van der Waals surface area contributed by atoms with Crippen molar-refractivity contribution in [1.29, 1.82) is 5.26 Å². The molecular weight excluding hydrogens is 476 g/mol. The van der Waals surface area contributed by atoms with E-state index in [0.717, 1.165) is 24.8 Å². The zero-order valence-corrected chi connectivity index (χ0v) is 21.2. The van der Waals surface area contributed by atoms with Gasteiger partial charge in [0.25, 0.3) is 5.69 Å². The van der Waals surface area contributed by atoms with Gasteiger partial charge in [-0.25, -0.2) is 4.79 Å². The average Bonchev–Trinajstić information content (AvgIpc) is 3.15. The van der Waals surface area contributed by atoms with Gasteiger partial charge in [0.15, 0.2) is 5.69 Å². The van der Waals surface area contributed by atoms with E-state index in [1.807, 2.05) is 0 Å². The Morgan fingerprint density at radius 2 is 1.78 bits per heavy atom. The lowest BCUT2D eigenvalue weighted by molar-refractivity contribution is -0.384. The van der Waals surface area contributed by atoms with Gasteiger partial charge in [-0.1, -0.05) is 19.8 Å². The van der Waals surface area contributed by atoms with Crippen LogP contribution in [0.2, 0.25) is 0 Å². The van der Waals surface area contributed by atoms with Crippen LogP contribution in [0, 0.1) is 21.4 Å². The minimum atomic E-state index is -0.730. The molecule has 2 aromatic carbocycles. The Kier molecular flexibility index (Phi) is 8.85. The van der Waals surface area contributed by atoms with Crippen LogP contribution in [0.3, 0.4) is 0 Å². The lowest BCUT2D eigenvalue weighted by atomic mass is 9.90. The summed E-state index contributed by atoms with van der Waals surface area (Å²) in [5.74, 6) is -1.33. The number of carbonyl (C=O) groups is 2. The first-order valence-corrected chi connectivity index (χ1v) is 12.2. The van der Waals surface area contributed by atoms with Crippen molar-refractivity contribution in [2.45, 2.75) is 53.0 Å². The van der Waals surface area contributed by atoms with E-state index in [9.17, 15) is 25.0 Å². The number of carbonyl (C=O) groups excluding carboxylic acids is 2. The van der Waals surface area contributed by atoms with Crippen molar-refractivity contribution < 1.29 is 24.0 Å². The number of non-ortho nitro benzene ring substituents is 1. The lowest BCUT2D eigenvalue weighted by Gasteiger charge is -2.15. The topological polar surface area (TPSA) is 150 Å². The minimum Gasteiger partial charge on any atom is -0.465 e. The van der Waals surface area contributed by atoms with Gasteiger partial charge in [-0.05, 0) is 61.6 Å². The summed E-state index contributed by atoms with van der Waals surface area (Å²) in [6, 6.07) is 9.96. The number of esters is 2. The fourth-order valence-corrected chi connectivity index (χ4v) is 4.49. The third-order valence-electron chi connectivity index (χ3n) is 6.04. The Hall–Kier alpha value is -4.39. The molecule has 0 saturated carbocycles.